The van der Waals surface area contributed by atoms with Crippen molar-refractivity contribution < 1.29 is 4.79 Å². The summed E-state index contributed by atoms with van der Waals surface area (Å²) in [5.74, 6) is -0.109. The predicted octanol–water partition coefficient (Wildman–Crippen LogP) is 3.05. The first-order chi connectivity index (χ1) is 12.7. The minimum atomic E-state index is -0.608. The molecule has 0 saturated heterocycles. The third kappa shape index (κ3) is 2.89. The number of rotatable bonds is 3. The molecule has 4 rings (SSSR count). The second-order valence-electron chi connectivity index (χ2n) is 7.16. The van der Waals surface area contributed by atoms with Gasteiger partial charge in [-0.05, 0) is 44.0 Å². The SMILES string of the molecule is CC(C(=O)NC1CCCCCC1)n1c(=O)c2cccn2c2cccnc21. The van der Waals surface area contributed by atoms with Crippen LogP contribution >= 0.6 is 0 Å². The van der Waals surface area contributed by atoms with E-state index in [9.17, 15) is 9.59 Å². The molecule has 1 aliphatic rings. The van der Waals surface area contributed by atoms with Crippen LogP contribution in [-0.2, 0) is 4.79 Å². The third-order valence-corrected chi connectivity index (χ3v) is 5.41. The minimum Gasteiger partial charge on any atom is -0.352 e. The molecule has 0 radical (unpaired) electrons. The summed E-state index contributed by atoms with van der Waals surface area (Å²) >= 11 is 0. The van der Waals surface area contributed by atoms with Crippen molar-refractivity contribution in [2.24, 2.45) is 0 Å². The van der Waals surface area contributed by atoms with Crippen molar-refractivity contribution in [3.8, 4) is 0 Å². The van der Waals surface area contributed by atoms with Crippen LogP contribution in [-0.4, -0.2) is 25.9 Å². The number of pyridine rings is 1. The molecule has 0 aliphatic heterocycles. The van der Waals surface area contributed by atoms with Gasteiger partial charge in [0.2, 0.25) is 5.91 Å². The van der Waals surface area contributed by atoms with Gasteiger partial charge in [0.25, 0.3) is 5.56 Å². The van der Waals surface area contributed by atoms with Crippen LogP contribution in [0.25, 0.3) is 16.7 Å². The molecule has 0 aromatic carbocycles. The molecule has 1 amide bonds. The maximum Gasteiger partial charge on any atom is 0.277 e. The molecule has 3 heterocycles. The Morgan fingerprint density at radius 3 is 2.65 bits per heavy atom. The number of nitrogens with zero attached hydrogens (tertiary/aromatic N) is 3. The van der Waals surface area contributed by atoms with Crippen LogP contribution in [0.2, 0.25) is 0 Å². The van der Waals surface area contributed by atoms with E-state index in [1.165, 1.54) is 17.4 Å². The summed E-state index contributed by atoms with van der Waals surface area (Å²) in [6.07, 6.45) is 10.3. The molecule has 1 atom stereocenters. The van der Waals surface area contributed by atoms with Gasteiger partial charge in [-0.25, -0.2) is 4.98 Å². The lowest BCUT2D eigenvalue weighted by atomic mass is 10.1. The van der Waals surface area contributed by atoms with E-state index in [0.717, 1.165) is 31.2 Å². The molecule has 1 aliphatic carbocycles. The predicted molar refractivity (Wildman–Crippen MR) is 101 cm³/mol. The molecule has 6 nitrogen and oxygen atoms in total. The smallest absolute Gasteiger partial charge is 0.277 e. The van der Waals surface area contributed by atoms with E-state index in [0.29, 0.717) is 11.2 Å². The highest BCUT2D eigenvalue weighted by Crippen LogP contribution is 2.20. The third-order valence-electron chi connectivity index (χ3n) is 5.41. The molecular formula is C20H24N4O2. The van der Waals surface area contributed by atoms with Gasteiger partial charge >= 0.3 is 0 Å². The van der Waals surface area contributed by atoms with Gasteiger partial charge in [-0.1, -0.05) is 25.7 Å². The summed E-state index contributed by atoms with van der Waals surface area (Å²) < 4.78 is 3.35. The summed E-state index contributed by atoms with van der Waals surface area (Å²) in [5.41, 5.74) is 1.72. The van der Waals surface area contributed by atoms with Crippen LogP contribution in [0.1, 0.15) is 51.5 Å². The summed E-state index contributed by atoms with van der Waals surface area (Å²) in [6.45, 7) is 1.78. The zero-order valence-electron chi connectivity index (χ0n) is 15.0. The van der Waals surface area contributed by atoms with Crippen molar-refractivity contribution in [1.82, 2.24) is 19.3 Å². The highest BCUT2D eigenvalue weighted by molar-refractivity contribution is 5.83. The number of nitrogens with one attached hydrogen (secondary N) is 1. The number of fused-ring (bicyclic) bond motifs is 3. The lowest BCUT2D eigenvalue weighted by Gasteiger charge is -2.22. The lowest BCUT2D eigenvalue weighted by molar-refractivity contribution is -0.124. The van der Waals surface area contributed by atoms with Crippen molar-refractivity contribution in [2.75, 3.05) is 0 Å². The number of hydrogen-bond acceptors (Lipinski definition) is 3. The van der Waals surface area contributed by atoms with E-state index in [1.807, 2.05) is 28.8 Å². The fourth-order valence-corrected chi connectivity index (χ4v) is 3.97. The van der Waals surface area contributed by atoms with Crippen LogP contribution in [0.15, 0.2) is 41.5 Å². The van der Waals surface area contributed by atoms with Crippen molar-refractivity contribution >= 4 is 22.6 Å². The Labute approximate surface area is 151 Å². The minimum absolute atomic E-state index is 0.109. The molecule has 3 aromatic heterocycles. The first-order valence-electron chi connectivity index (χ1n) is 9.43. The number of amides is 1. The average molecular weight is 352 g/mol. The Morgan fingerprint density at radius 2 is 1.88 bits per heavy atom. The van der Waals surface area contributed by atoms with Gasteiger partial charge in [0.1, 0.15) is 11.6 Å². The normalized spacial score (nSPS) is 17.3. The Bertz CT molecular complexity index is 996. The van der Waals surface area contributed by atoms with Gasteiger partial charge in [0.15, 0.2) is 5.65 Å². The second kappa shape index (κ2) is 6.94. The van der Waals surface area contributed by atoms with Gasteiger partial charge in [0, 0.05) is 18.4 Å². The first kappa shape index (κ1) is 16.8. The molecule has 6 heteroatoms. The fourth-order valence-electron chi connectivity index (χ4n) is 3.97. The highest BCUT2D eigenvalue weighted by atomic mass is 16.2. The highest BCUT2D eigenvalue weighted by Gasteiger charge is 2.24. The summed E-state index contributed by atoms with van der Waals surface area (Å²) in [6, 6.07) is 6.97. The van der Waals surface area contributed by atoms with Crippen molar-refractivity contribution in [1.29, 1.82) is 0 Å². The maximum atomic E-state index is 13.0. The van der Waals surface area contributed by atoms with E-state index < -0.39 is 6.04 Å². The molecule has 26 heavy (non-hydrogen) atoms. The molecule has 136 valence electrons. The zero-order valence-corrected chi connectivity index (χ0v) is 15.0. The number of carbonyl (C=O) groups is 1. The average Bonchev–Trinajstić information content (AvgIpc) is 3.01. The molecule has 1 fully saturated rings. The van der Waals surface area contributed by atoms with E-state index in [-0.39, 0.29) is 17.5 Å². The van der Waals surface area contributed by atoms with Crippen LogP contribution in [0.4, 0.5) is 0 Å². The Morgan fingerprint density at radius 1 is 1.15 bits per heavy atom. The van der Waals surface area contributed by atoms with Gasteiger partial charge in [-0.2, -0.15) is 0 Å². The first-order valence-corrected chi connectivity index (χ1v) is 9.43. The van der Waals surface area contributed by atoms with Gasteiger partial charge in [0.05, 0.1) is 5.52 Å². The number of hydrogen-bond donors (Lipinski definition) is 1. The van der Waals surface area contributed by atoms with Crippen LogP contribution in [0.3, 0.4) is 0 Å². The Hall–Kier alpha value is -2.63. The second-order valence-corrected chi connectivity index (χ2v) is 7.16. The van der Waals surface area contributed by atoms with E-state index in [4.69, 9.17) is 0 Å². The monoisotopic (exact) mass is 352 g/mol. The Balaban J connectivity index is 1.73. The summed E-state index contributed by atoms with van der Waals surface area (Å²) in [5, 5.41) is 3.16. The van der Waals surface area contributed by atoms with E-state index in [1.54, 1.807) is 19.2 Å². The number of aromatic nitrogens is 3. The standard InChI is InChI=1S/C20H24N4O2/c1-14(19(25)22-15-8-4-2-3-5-9-15)24-18-16(10-6-12-21-18)23-13-7-11-17(23)20(24)26/h6-7,10-15H,2-5,8-9H2,1H3,(H,22,25). The molecule has 0 spiro atoms. The molecule has 0 bridgehead atoms. The molecular weight excluding hydrogens is 328 g/mol. The lowest BCUT2D eigenvalue weighted by Crippen LogP contribution is -2.41. The fraction of sp³-hybridized carbons (Fsp3) is 0.450. The molecule has 1 N–H and O–H groups in total. The number of carbonyl (C=O) groups excluding carboxylic acids is 1. The van der Waals surface area contributed by atoms with Crippen molar-refractivity contribution in [3.05, 3.63) is 47.0 Å². The van der Waals surface area contributed by atoms with Crippen molar-refractivity contribution in [3.63, 3.8) is 0 Å². The van der Waals surface area contributed by atoms with Gasteiger partial charge < -0.3 is 9.72 Å². The van der Waals surface area contributed by atoms with Crippen LogP contribution < -0.4 is 10.9 Å². The summed E-state index contributed by atoms with van der Waals surface area (Å²) in [4.78, 5) is 30.3. The molecule has 1 saturated carbocycles. The maximum absolute atomic E-state index is 13.0. The van der Waals surface area contributed by atoms with E-state index in [2.05, 4.69) is 10.3 Å². The molecule has 1 unspecified atom stereocenters. The van der Waals surface area contributed by atoms with Gasteiger partial charge in [-0.3, -0.25) is 14.2 Å². The topological polar surface area (TPSA) is 68.4 Å². The zero-order chi connectivity index (χ0) is 18.1. The van der Waals surface area contributed by atoms with Gasteiger partial charge in [-0.15, -0.1) is 0 Å². The largest absolute Gasteiger partial charge is 0.352 e. The summed E-state index contributed by atoms with van der Waals surface area (Å²) in [7, 11) is 0. The quantitative estimate of drug-likeness (QED) is 0.737. The van der Waals surface area contributed by atoms with Crippen LogP contribution in [0.5, 0.6) is 0 Å². The van der Waals surface area contributed by atoms with Crippen molar-refractivity contribution in [2.45, 2.75) is 57.5 Å². The van der Waals surface area contributed by atoms with Crippen LogP contribution in [0, 0.1) is 0 Å². The Kier molecular flexibility index (Phi) is 4.49. The molecule has 3 aromatic rings. The van der Waals surface area contributed by atoms with E-state index >= 15 is 0 Å².